The second-order valence-corrected chi connectivity index (χ2v) is 8.96. The Hall–Kier alpha value is -3.49. The monoisotopic (exact) mass is 477 g/mol. The molecule has 1 amide bonds. The van der Waals surface area contributed by atoms with E-state index in [2.05, 4.69) is 14.7 Å². The fraction of sp³-hybridized carbons (Fsp3) is 0.0833. The van der Waals surface area contributed by atoms with Gasteiger partial charge in [0.1, 0.15) is 10.9 Å². The smallest absolute Gasteiger partial charge is 0.283 e. The molecule has 0 saturated heterocycles. The highest BCUT2D eigenvalue weighted by Gasteiger charge is 2.36. The molecule has 1 N–H and O–H groups in total. The van der Waals surface area contributed by atoms with E-state index in [0.717, 1.165) is 22.6 Å². The summed E-state index contributed by atoms with van der Waals surface area (Å²) in [7, 11) is 0. The van der Waals surface area contributed by atoms with E-state index in [1.165, 1.54) is 28.9 Å². The predicted octanol–water partition coefficient (Wildman–Crippen LogP) is 5.55. The number of nitrogens with zero attached hydrogens (tertiary/aromatic N) is 4. The van der Waals surface area contributed by atoms with Crippen LogP contribution in [0.5, 0.6) is 0 Å². The number of hydrogen-bond donors (Lipinski definition) is 1. The van der Waals surface area contributed by atoms with Crippen LogP contribution in [0.3, 0.4) is 0 Å². The number of hydrazone groups is 1. The molecule has 164 valence electrons. The largest absolute Gasteiger partial charge is 0.318 e. The Morgan fingerprint density at radius 2 is 1.79 bits per heavy atom. The van der Waals surface area contributed by atoms with Gasteiger partial charge in [0.15, 0.2) is 5.84 Å². The number of fused-ring (bicyclic) bond motifs is 1. The highest BCUT2D eigenvalue weighted by atomic mass is 35.5. The third-order valence-electron chi connectivity index (χ3n) is 5.40. The van der Waals surface area contributed by atoms with Crippen LogP contribution in [-0.2, 0) is 4.79 Å². The van der Waals surface area contributed by atoms with Gasteiger partial charge < -0.3 is 4.57 Å². The third kappa shape index (κ3) is 3.81. The van der Waals surface area contributed by atoms with Crippen molar-refractivity contribution in [3.8, 4) is 5.69 Å². The topological polar surface area (TPSA) is 73.8 Å². The molecule has 0 atom stereocenters. The van der Waals surface area contributed by atoms with Gasteiger partial charge in [0.05, 0.1) is 5.57 Å². The molecule has 2 aliphatic heterocycles. The minimum atomic E-state index is -0.495. The van der Waals surface area contributed by atoms with Crippen molar-refractivity contribution in [3.05, 3.63) is 93.5 Å². The number of thioether (sulfide) groups is 1. The van der Waals surface area contributed by atoms with Gasteiger partial charge in [-0.25, -0.2) is 4.39 Å². The summed E-state index contributed by atoms with van der Waals surface area (Å²) in [5.74, 6) is -0.890. The number of halogens is 2. The van der Waals surface area contributed by atoms with Gasteiger partial charge in [-0.05, 0) is 91.8 Å². The molecule has 0 spiro atoms. The van der Waals surface area contributed by atoms with E-state index in [-0.39, 0.29) is 17.2 Å². The number of aryl methyl sites for hydroxylation is 1. The summed E-state index contributed by atoms with van der Waals surface area (Å²) in [5.41, 5.74) is 4.51. The zero-order valence-corrected chi connectivity index (χ0v) is 19.2. The second-order valence-electron chi connectivity index (χ2n) is 7.57. The van der Waals surface area contributed by atoms with E-state index >= 15 is 0 Å². The number of carbonyl (C=O) groups excluding carboxylic acids is 1. The van der Waals surface area contributed by atoms with E-state index < -0.39 is 5.91 Å². The zero-order valence-electron chi connectivity index (χ0n) is 17.6. The molecule has 2 aliphatic rings. The van der Waals surface area contributed by atoms with Crippen LogP contribution in [0.25, 0.3) is 11.8 Å². The van der Waals surface area contributed by atoms with Crippen LogP contribution < -0.4 is 0 Å². The highest BCUT2D eigenvalue weighted by Crippen LogP contribution is 2.32. The summed E-state index contributed by atoms with van der Waals surface area (Å²) >= 11 is 7.20. The molecule has 3 aromatic rings. The summed E-state index contributed by atoms with van der Waals surface area (Å²) in [6.45, 7) is 3.93. The van der Waals surface area contributed by atoms with Crippen molar-refractivity contribution in [2.24, 2.45) is 10.1 Å². The van der Waals surface area contributed by atoms with Crippen LogP contribution >= 0.6 is 23.4 Å². The molecule has 0 fully saturated rings. The molecule has 0 saturated carbocycles. The standard InChI is InChI=1S/C24H17ClFN5OS/c1-13-11-16(14(2)30(13)19-9-5-17(25)6-10-19)12-20-21(27)31-24(28-22(20)32)33-23(29-31)15-3-7-18(26)8-4-15/h3-12,27H,1-2H3. The van der Waals surface area contributed by atoms with Gasteiger partial charge in [0, 0.05) is 27.7 Å². The first kappa shape index (κ1) is 21.4. The first-order chi connectivity index (χ1) is 15.8. The van der Waals surface area contributed by atoms with Crippen molar-refractivity contribution in [3.63, 3.8) is 0 Å². The number of carbonyl (C=O) groups is 1. The van der Waals surface area contributed by atoms with Crippen molar-refractivity contribution in [2.45, 2.75) is 13.8 Å². The Kier molecular flexibility index (Phi) is 5.26. The Bertz CT molecular complexity index is 1400. The van der Waals surface area contributed by atoms with Crippen molar-refractivity contribution in [1.29, 1.82) is 5.41 Å². The molecule has 1 aromatic heterocycles. The van der Waals surface area contributed by atoms with Crippen LogP contribution in [0.15, 0.2) is 70.3 Å². The molecule has 0 radical (unpaired) electrons. The molecule has 2 aromatic carbocycles. The lowest BCUT2D eigenvalue weighted by atomic mass is 10.1. The molecular weight excluding hydrogens is 461 g/mol. The molecule has 0 bridgehead atoms. The van der Waals surface area contributed by atoms with Crippen LogP contribution in [0.4, 0.5) is 4.39 Å². The number of rotatable bonds is 3. The van der Waals surface area contributed by atoms with E-state index in [0.29, 0.717) is 20.8 Å². The Labute approximate surface area is 198 Å². The normalized spacial score (nSPS) is 16.8. The van der Waals surface area contributed by atoms with Gasteiger partial charge in [-0.2, -0.15) is 15.1 Å². The molecule has 9 heteroatoms. The van der Waals surface area contributed by atoms with Gasteiger partial charge >= 0.3 is 0 Å². The second kappa shape index (κ2) is 8.13. The number of hydrogen-bond acceptors (Lipinski definition) is 4. The molecule has 5 rings (SSSR count). The van der Waals surface area contributed by atoms with Crippen molar-refractivity contribution >= 4 is 51.4 Å². The first-order valence-corrected chi connectivity index (χ1v) is 11.2. The van der Waals surface area contributed by atoms with Crippen molar-refractivity contribution in [2.75, 3.05) is 0 Å². The molecule has 3 heterocycles. The molecule has 0 unspecified atom stereocenters. The van der Waals surface area contributed by atoms with Gasteiger partial charge in [-0.3, -0.25) is 10.2 Å². The number of aromatic nitrogens is 1. The van der Waals surface area contributed by atoms with Gasteiger partial charge in [-0.15, -0.1) is 0 Å². The predicted molar refractivity (Wildman–Crippen MR) is 131 cm³/mol. The van der Waals surface area contributed by atoms with E-state index in [4.69, 9.17) is 17.0 Å². The van der Waals surface area contributed by atoms with Crippen LogP contribution in [0.2, 0.25) is 5.02 Å². The summed E-state index contributed by atoms with van der Waals surface area (Å²) < 4.78 is 15.3. The van der Waals surface area contributed by atoms with Crippen LogP contribution in [0, 0.1) is 25.1 Å². The lowest BCUT2D eigenvalue weighted by molar-refractivity contribution is -0.114. The third-order valence-corrected chi connectivity index (χ3v) is 6.61. The van der Waals surface area contributed by atoms with E-state index in [1.54, 1.807) is 18.2 Å². The lowest BCUT2D eigenvalue weighted by Gasteiger charge is -2.20. The molecule has 33 heavy (non-hydrogen) atoms. The summed E-state index contributed by atoms with van der Waals surface area (Å²) in [4.78, 5) is 16.9. The highest BCUT2D eigenvalue weighted by molar-refractivity contribution is 8.27. The zero-order chi connectivity index (χ0) is 23.3. The van der Waals surface area contributed by atoms with Gasteiger partial charge in [-0.1, -0.05) is 11.6 Å². The summed E-state index contributed by atoms with van der Waals surface area (Å²) in [6, 6.07) is 15.4. The SMILES string of the molecule is Cc1cc(C=C2C(=N)N3N=C(c4ccc(F)cc4)SC3=NC2=O)c(C)n1-c1ccc(Cl)cc1. The first-order valence-electron chi connectivity index (χ1n) is 10.0. The Balaban J connectivity index is 1.50. The maximum atomic E-state index is 13.3. The fourth-order valence-electron chi connectivity index (χ4n) is 3.78. The molecule has 0 aliphatic carbocycles. The number of amides is 1. The number of aliphatic imine (C=N–C) groups is 1. The number of nitrogens with one attached hydrogen (secondary N) is 1. The molecule has 6 nitrogen and oxygen atoms in total. The van der Waals surface area contributed by atoms with E-state index in [1.807, 2.05) is 44.2 Å². The minimum absolute atomic E-state index is 0.0501. The van der Waals surface area contributed by atoms with Crippen molar-refractivity contribution < 1.29 is 9.18 Å². The van der Waals surface area contributed by atoms with Crippen LogP contribution in [0.1, 0.15) is 22.5 Å². The summed E-state index contributed by atoms with van der Waals surface area (Å²) in [5, 5.41) is 15.9. The average Bonchev–Trinajstić information content (AvgIpc) is 3.33. The lowest BCUT2D eigenvalue weighted by Crippen LogP contribution is -2.35. The van der Waals surface area contributed by atoms with Gasteiger partial charge in [0.25, 0.3) is 5.91 Å². The van der Waals surface area contributed by atoms with Crippen molar-refractivity contribution in [1.82, 2.24) is 9.58 Å². The molecular formula is C24H17ClFN5OS. The summed E-state index contributed by atoms with van der Waals surface area (Å²) in [6.07, 6.45) is 1.68. The van der Waals surface area contributed by atoms with Gasteiger partial charge in [0.2, 0.25) is 5.17 Å². The number of benzene rings is 2. The maximum absolute atomic E-state index is 13.3. The Morgan fingerprint density at radius 3 is 2.48 bits per heavy atom. The number of amidine groups is 2. The average molecular weight is 478 g/mol. The van der Waals surface area contributed by atoms with Crippen LogP contribution in [-0.4, -0.2) is 31.5 Å². The quantitative estimate of drug-likeness (QED) is 0.502. The Morgan fingerprint density at radius 1 is 1.09 bits per heavy atom. The maximum Gasteiger partial charge on any atom is 0.283 e. The fourth-order valence-corrected chi connectivity index (χ4v) is 4.80. The minimum Gasteiger partial charge on any atom is -0.318 e. The van der Waals surface area contributed by atoms with E-state index in [9.17, 15) is 9.18 Å².